The number of imidazole rings is 1. The minimum absolute atomic E-state index is 0.0710. The average Bonchev–Trinajstić information content (AvgIpc) is 3.25. The molecule has 3 aromatic rings. The number of aliphatic hydroxyl groups is 2. The number of carbonyl (C=O) groups is 1. The van der Waals surface area contributed by atoms with E-state index in [1.54, 1.807) is 24.3 Å². The summed E-state index contributed by atoms with van der Waals surface area (Å²) in [6, 6.07) is 6.36. The van der Waals surface area contributed by atoms with Crippen LogP contribution >= 0.6 is 19.4 Å². The van der Waals surface area contributed by atoms with Gasteiger partial charge in [0.05, 0.1) is 6.61 Å². The lowest BCUT2D eigenvalue weighted by molar-refractivity contribution is -0.745. The van der Waals surface area contributed by atoms with Gasteiger partial charge in [0.15, 0.2) is 6.33 Å². The molecule has 35 heavy (non-hydrogen) atoms. The van der Waals surface area contributed by atoms with Crippen molar-refractivity contribution in [3.05, 3.63) is 46.0 Å². The zero-order valence-electron chi connectivity index (χ0n) is 17.7. The minimum atomic E-state index is -4.86. The Bertz CT molecular complexity index is 1360. The lowest BCUT2D eigenvalue weighted by atomic mass is 10.1. The van der Waals surface area contributed by atoms with Gasteiger partial charge in [0.1, 0.15) is 24.9 Å². The maximum Gasteiger partial charge on any atom is 0.469 e. The number of phosphoric acid groups is 1. The first-order chi connectivity index (χ1) is 16.4. The molecular weight excluding hydrogens is 511 g/mol. The number of H-pyrrole nitrogens is 1. The molecule has 188 valence electrons. The van der Waals surface area contributed by atoms with Crippen LogP contribution in [0.3, 0.4) is 0 Å². The molecule has 2 aromatic heterocycles. The standard InChI is InChI=1S/C18H20ClN6O9P/c19-8-1-3-9(4-2-8)21-11(26)5-24-7-25(15-12(24)16(29)23-18(20)22-15)17-14(28)13(27)10(34-17)6-33-35(30,31)32/h1-4,7,10,13-14,17,27-28H,5-6H2,(H5-,20,21,22,23,26,29,30,31,32)/p+1/t10-,13-,14-,17-/m1/s1. The number of hydrogen-bond donors (Lipinski definition) is 7. The normalized spacial score (nSPS) is 22.5. The van der Waals surface area contributed by atoms with Gasteiger partial charge in [-0.25, -0.2) is 13.7 Å². The van der Waals surface area contributed by atoms with E-state index in [1.807, 2.05) is 0 Å². The molecule has 1 aliphatic rings. The van der Waals surface area contributed by atoms with Crippen LogP contribution in [0.2, 0.25) is 5.02 Å². The number of rotatable bonds is 7. The average molecular weight is 532 g/mol. The van der Waals surface area contributed by atoms with E-state index in [9.17, 15) is 24.4 Å². The third kappa shape index (κ3) is 5.52. The molecule has 4 rings (SSSR count). The molecule has 8 N–H and O–H groups in total. The maximum atomic E-state index is 12.6. The van der Waals surface area contributed by atoms with Gasteiger partial charge >= 0.3 is 13.5 Å². The Kier molecular flexibility index (Phi) is 6.95. The van der Waals surface area contributed by atoms with Crippen LogP contribution in [-0.4, -0.2) is 65.4 Å². The Balaban J connectivity index is 1.65. The molecule has 0 bridgehead atoms. The number of benzene rings is 1. The van der Waals surface area contributed by atoms with Crippen molar-refractivity contribution in [2.75, 3.05) is 17.7 Å². The molecule has 1 aromatic carbocycles. The van der Waals surface area contributed by atoms with Gasteiger partial charge in [-0.1, -0.05) is 16.6 Å². The highest BCUT2D eigenvalue weighted by atomic mass is 35.5. The second-order valence-electron chi connectivity index (χ2n) is 7.66. The van der Waals surface area contributed by atoms with Crippen LogP contribution in [0.5, 0.6) is 0 Å². The third-order valence-electron chi connectivity index (χ3n) is 5.15. The number of carbonyl (C=O) groups excluding carboxylic acids is 1. The van der Waals surface area contributed by atoms with Crippen molar-refractivity contribution in [2.45, 2.75) is 31.1 Å². The van der Waals surface area contributed by atoms with E-state index in [0.29, 0.717) is 10.7 Å². The summed E-state index contributed by atoms with van der Waals surface area (Å²) < 4.78 is 23.3. The van der Waals surface area contributed by atoms with Crippen LogP contribution < -0.4 is 21.2 Å². The summed E-state index contributed by atoms with van der Waals surface area (Å²) in [5, 5.41) is 23.9. The van der Waals surface area contributed by atoms with Crippen molar-refractivity contribution in [2.24, 2.45) is 0 Å². The first-order valence-corrected chi connectivity index (χ1v) is 11.9. The van der Waals surface area contributed by atoms with Crippen LogP contribution in [-0.2, 0) is 25.2 Å². The lowest BCUT2D eigenvalue weighted by Crippen LogP contribution is -2.46. The first kappa shape index (κ1) is 25.2. The van der Waals surface area contributed by atoms with E-state index in [0.717, 1.165) is 0 Å². The third-order valence-corrected chi connectivity index (χ3v) is 5.89. The van der Waals surface area contributed by atoms with Crippen LogP contribution in [0.1, 0.15) is 6.23 Å². The Morgan fingerprint density at radius 3 is 2.66 bits per heavy atom. The summed E-state index contributed by atoms with van der Waals surface area (Å²) in [5.74, 6) is -0.762. The molecular formula is C18H21ClN6O9P+. The van der Waals surface area contributed by atoms with Gasteiger partial charge in [-0.2, -0.15) is 0 Å². The summed E-state index contributed by atoms with van der Waals surface area (Å²) in [4.78, 5) is 49.4. The molecule has 0 unspecified atom stereocenters. The smallest absolute Gasteiger partial charge is 0.387 e. The maximum absolute atomic E-state index is 12.6. The molecule has 1 saturated heterocycles. The van der Waals surface area contributed by atoms with Gasteiger partial charge in [-0.3, -0.25) is 19.1 Å². The number of nitrogens with zero attached hydrogens (tertiary/aromatic N) is 3. The lowest BCUT2D eigenvalue weighted by Gasteiger charge is -2.14. The molecule has 1 aliphatic heterocycles. The van der Waals surface area contributed by atoms with E-state index in [4.69, 9.17) is 31.9 Å². The van der Waals surface area contributed by atoms with Crippen molar-refractivity contribution in [3.8, 4) is 0 Å². The van der Waals surface area contributed by atoms with Gasteiger partial charge in [-0.15, -0.1) is 0 Å². The molecule has 4 atom stereocenters. The number of amides is 1. The number of nitrogens with one attached hydrogen (secondary N) is 2. The Morgan fingerprint density at radius 2 is 2.00 bits per heavy atom. The molecule has 15 nitrogen and oxygen atoms in total. The fourth-order valence-corrected chi connectivity index (χ4v) is 4.10. The molecule has 3 heterocycles. The predicted molar refractivity (Wildman–Crippen MR) is 119 cm³/mol. The molecule has 1 fully saturated rings. The van der Waals surface area contributed by atoms with E-state index in [2.05, 4.69) is 19.8 Å². The number of nitrogens with two attached hydrogens (primary N) is 1. The summed E-state index contributed by atoms with van der Waals surface area (Å²) >= 11 is 5.84. The topological polar surface area (TPSA) is 226 Å². The number of fused-ring (bicyclic) bond motifs is 1. The molecule has 0 saturated carbocycles. The number of aromatic amines is 1. The van der Waals surface area contributed by atoms with Crippen molar-refractivity contribution >= 4 is 48.1 Å². The van der Waals surface area contributed by atoms with E-state index in [1.165, 1.54) is 15.5 Å². The molecule has 17 heteroatoms. The van der Waals surface area contributed by atoms with Gasteiger partial charge in [0.25, 0.3) is 17.4 Å². The summed E-state index contributed by atoms with van der Waals surface area (Å²) in [5.41, 5.74) is 5.30. The Hall–Kier alpha value is -2.88. The number of halogens is 1. The van der Waals surface area contributed by atoms with Crippen LogP contribution in [0, 0.1) is 0 Å². The number of hydrogen-bond acceptors (Lipinski definition) is 9. The van der Waals surface area contributed by atoms with E-state index >= 15 is 0 Å². The number of phosphoric ester groups is 1. The Morgan fingerprint density at radius 1 is 1.31 bits per heavy atom. The second-order valence-corrected chi connectivity index (χ2v) is 9.34. The van der Waals surface area contributed by atoms with Crippen molar-refractivity contribution in [1.82, 2.24) is 14.5 Å². The van der Waals surface area contributed by atoms with Crippen molar-refractivity contribution in [1.29, 1.82) is 0 Å². The Labute approximate surface area is 200 Å². The largest absolute Gasteiger partial charge is 0.469 e. The number of aliphatic hydroxyl groups excluding tert-OH is 2. The van der Waals surface area contributed by atoms with Gasteiger partial charge in [0.2, 0.25) is 11.7 Å². The minimum Gasteiger partial charge on any atom is -0.387 e. The zero-order valence-corrected chi connectivity index (χ0v) is 19.3. The highest BCUT2D eigenvalue weighted by Crippen LogP contribution is 2.37. The number of nitrogen functional groups attached to an aromatic ring is 1. The number of anilines is 2. The number of aromatic nitrogens is 4. The van der Waals surface area contributed by atoms with Crippen LogP contribution in [0.25, 0.3) is 11.2 Å². The van der Waals surface area contributed by atoms with Gasteiger partial charge in [0, 0.05) is 10.7 Å². The van der Waals surface area contributed by atoms with Crippen LogP contribution in [0.15, 0.2) is 35.4 Å². The SMILES string of the molecule is Nc1nc2c(c(=O)[nH]1)n(CC(=O)Nc1ccc(Cl)cc1)c[n+]2[C@@H]1O[C@H](COP(=O)(O)O)[C@@H](O)[C@H]1O. The molecule has 0 spiro atoms. The zero-order chi connectivity index (χ0) is 25.5. The van der Waals surface area contributed by atoms with Gasteiger partial charge < -0.3 is 35.8 Å². The summed E-state index contributed by atoms with van der Waals surface area (Å²) in [6.07, 6.45) is -4.60. The fourth-order valence-electron chi connectivity index (χ4n) is 3.64. The highest BCUT2D eigenvalue weighted by molar-refractivity contribution is 7.46. The fraction of sp³-hybridized carbons (Fsp3) is 0.333. The van der Waals surface area contributed by atoms with Crippen molar-refractivity contribution in [3.63, 3.8) is 0 Å². The molecule has 0 aliphatic carbocycles. The van der Waals surface area contributed by atoms with E-state index < -0.39 is 50.4 Å². The van der Waals surface area contributed by atoms with Crippen molar-refractivity contribution < 1.29 is 43.2 Å². The predicted octanol–water partition coefficient (Wildman–Crippen LogP) is -1.39. The number of ether oxygens (including phenoxy) is 1. The monoisotopic (exact) mass is 531 g/mol. The molecule has 0 radical (unpaired) electrons. The highest BCUT2D eigenvalue weighted by Gasteiger charge is 2.47. The molecule has 1 amide bonds. The van der Waals surface area contributed by atoms with E-state index in [-0.39, 0.29) is 23.7 Å². The summed E-state index contributed by atoms with van der Waals surface area (Å²) in [7, 11) is -4.86. The first-order valence-electron chi connectivity index (χ1n) is 10.00. The second kappa shape index (κ2) is 9.64. The summed E-state index contributed by atoms with van der Waals surface area (Å²) in [6.45, 7) is -1.07. The quantitative estimate of drug-likeness (QED) is 0.139. The van der Waals surface area contributed by atoms with Gasteiger partial charge in [-0.05, 0) is 24.3 Å². The van der Waals surface area contributed by atoms with Crippen LogP contribution in [0.4, 0.5) is 11.6 Å².